The fourth-order valence-electron chi connectivity index (χ4n) is 2.48. The van der Waals surface area contributed by atoms with Crippen molar-refractivity contribution in [1.29, 1.82) is 0 Å². The summed E-state index contributed by atoms with van der Waals surface area (Å²) >= 11 is 1.15. The van der Waals surface area contributed by atoms with Crippen molar-refractivity contribution in [3.63, 3.8) is 0 Å². The number of nitrogens with two attached hydrogens (primary N) is 1. The van der Waals surface area contributed by atoms with Gasteiger partial charge in [-0.3, -0.25) is 9.69 Å². The van der Waals surface area contributed by atoms with E-state index >= 15 is 0 Å². The summed E-state index contributed by atoms with van der Waals surface area (Å²) < 4.78 is 6.63. The number of carbonyl (C=O) groups is 2. The number of para-hydroxylation sites is 1. The fraction of sp³-hybridized carbons (Fsp3) is 0.333. The number of thioether (sulfide) groups is 1. The standard InChI is InChI=1S/C15H18N6O3S/c1-9(13(22)20-8-7-17-14(20)23)25-15-19-18-12(21(15)16)10-5-3-4-6-11(10)24-2/h3-6,9H,7-8,16H2,1-2H3,(H,17,23). The Balaban J connectivity index is 1.79. The number of amides is 3. The molecule has 3 amide bonds. The van der Waals surface area contributed by atoms with Crippen molar-refractivity contribution < 1.29 is 14.3 Å². The minimum absolute atomic E-state index is 0.290. The first kappa shape index (κ1) is 17.1. The van der Waals surface area contributed by atoms with Crippen LogP contribution in [0, 0.1) is 0 Å². The molecule has 2 aromatic rings. The van der Waals surface area contributed by atoms with Crippen LogP contribution in [-0.2, 0) is 4.79 Å². The zero-order valence-corrected chi connectivity index (χ0v) is 14.6. The van der Waals surface area contributed by atoms with Crippen molar-refractivity contribution in [3.8, 4) is 17.1 Å². The number of hydrogen-bond acceptors (Lipinski definition) is 7. The lowest BCUT2D eigenvalue weighted by Gasteiger charge is -2.16. The summed E-state index contributed by atoms with van der Waals surface area (Å²) in [6, 6.07) is 6.94. The molecule has 0 saturated carbocycles. The molecule has 1 aromatic carbocycles. The number of carbonyl (C=O) groups excluding carboxylic acids is 2. The largest absolute Gasteiger partial charge is 0.496 e. The van der Waals surface area contributed by atoms with Gasteiger partial charge < -0.3 is 15.9 Å². The number of nitrogens with one attached hydrogen (secondary N) is 1. The molecule has 10 heteroatoms. The van der Waals surface area contributed by atoms with Crippen LogP contribution in [0.25, 0.3) is 11.4 Å². The third kappa shape index (κ3) is 3.25. The first-order valence-corrected chi connectivity index (χ1v) is 8.50. The third-order valence-electron chi connectivity index (χ3n) is 3.77. The van der Waals surface area contributed by atoms with Crippen molar-refractivity contribution in [1.82, 2.24) is 25.1 Å². The fourth-order valence-corrected chi connectivity index (χ4v) is 3.31. The summed E-state index contributed by atoms with van der Waals surface area (Å²) in [5.74, 6) is 6.86. The Bertz CT molecular complexity index is 808. The van der Waals surface area contributed by atoms with Gasteiger partial charge in [-0.2, -0.15) is 0 Å². The average Bonchev–Trinajstić information content (AvgIpc) is 3.20. The Labute approximate surface area is 148 Å². The number of rotatable bonds is 5. The molecule has 3 N–H and O–H groups in total. The molecule has 0 bridgehead atoms. The number of methoxy groups -OCH3 is 1. The zero-order chi connectivity index (χ0) is 18.0. The van der Waals surface area contributed by atoms with E-state index in [0.717, 1.165) is 11.8 Å². The Kier molecular flexibility index (Phi) is 4.79. The quantitative estimate of drug-likeness (QED) is 0.594. The van der Waals surface area contributed by atoms with Crippen LogP contribution in [0.4, 0.5) is 4.79 Å². The van der Waals surface area contributed by atoms with Crippen molar-refractivity contribution in [2.24, 2.45) is 0 Å². The number of urea groups is 1. The molecule has 0 spiro atoms. The lowest BCUT2D eigenvalue weighted by atomic mass is 10.2. The van der Waals surface area contributed by atoms with Gasteiger partial charge in [0, 0.05) is 13.1 Å². The molecule has 1 fully saturated rings. The Hall–Kier alpha value is -2.75. The molecular formula is C15H18N6O3S. The number of nitrogen functional groups attached to an aromatic ring is 1. The highest BCUT2D eigenvalue weighted by Gasteiger charge is 2.31. The van der Waals surface area contributed by atoms with Crippen LogP contribution in [-0.4, -0.2) is 57.2 Å². The van der Waals surface area contributed by atoms with Crippen LogP contribution >= 0.6 is 11.8 Å². The first-order valence-electron chi connectivity index (χ1n) is 7.62. The number of nitrogens with zero attached hydrogens (tertiary/aromatic N) is 4. The molecule has 1 aromatic heterocycles. The van der Waals surface area contributed by atoms with Gasteiger partial charge in [-0.15, -0.1) is 10.2 Å². The SMILES string of the molecule is COc1ccccc1-c1nnc(SC(C)C(=O)N2CCNC2=O)n1N. The molecule has 1 atom stereocenters. The van der Waals surface area contributed by atoms with E-state index in [0.29, 0.717) is 35.4 Å². The first-order chi connectivity index (χ1) is 12.0. The molecule has 9 nitrogen and oxygen atoms in total. The van der Waals surface area contributed by atoms with E-state index in [-0.39, 0.29) is 11.9 Å². The minimum Gasteiger partial charge on any atom is -0.496 e. The van der Waals surface area contributed by atoms with Crippen LogP contribution in [0.5, 0.6) is 5.75 Å². The van der Waals surface area contributed by atoms with E-state index in [9.17, 15) is 9.59 Å². The van der Waals surface area contributed by atoms with E-state index in [1.165, 1.54) is 9.58 Å². The molecule has 2 heterocycles. The van der Waals surface area contributed by atoms with E-state index in [1.807, 2.05) is 18.2 Å². The topological polar surface area (TPSA) is 115 Å². The highest BCUT2D eigenvalue weighted by atomic mass is 32.2. The molecule has 25 heavy (non-hydrogen) atoms. The number of ether oxygens (including phenoxy) is 1. The van der Waals surface area contributed by atoms with E-state index < -0.39 is 5.25 Å². The smallest absolute Gasteiger partial charge is 0.324 e. The molecule has 3 rings (SSSR count). The van der Waals surface area contributed by atoms with Crippen LogP contribution in [0.15, 0.2) is 29.4 Å². The summed E-state index contributed by atoms with van der Waals surface area (Å²) in [5, 5.41) is 10.6. The van der Waals surface area contributed by atoms with E-state index in [1.54, 1.807) is 20.1 Å². The number of hydrogen-bond donors (Lipinski definition) is 2. The maximum Gasteiger partial charge on any atom is 0.324 e. The van der Waals surface area contributed by atoms with Gasteiger partial charge in [0.2, 0.25) is 11.1 Å². The Morgan fingerprint density at radius 1 is 1.40 bits per heavy atom. The summed E-state index contributed by atoms with van der Waals surface area (Å²) in [7, 11) is 1.56. The molecule has 1 aliphatic rings. The van der Waals surface area contributed by atoms with Gasteiger partial charge in [0.15, 0.2) is 5.82 Å². The molecule has 0 aliphatic carbocycles. The number of aromatic nitrogens is 3. The lowest BCUT2D eigenvalue weighted by Crippen LogP contribution is -2.39. The second-order valence-corrected chi connectivity index (χ2v) is 6.67. The lowest BCUT2D eigenvalue weighted by molar-refractivity contribution is -0.126. The van der Waals surface area contributed by atoms with Crippen LogP contribution in [0.2, 0.25) is 0 Å². The van der Waals surface area contributed by atoms with Crippen molar-refractivity contribution in [2.75, 3.05) is 26.0 Å². The number of imide groups is 1. The van der Waals surface area contributed by atoms with Crippen molar-refractivity contribution in [3.05, 3.63) is 24.3 Å². The molecule has 1 aliphatic heterocycles. The molecule has 1 saturated heterocycles. The normalized spacial score (nSPS) is 15.1. The summed E-state index contributed by atoms with van der Waals surface area (Å²) in [5.41, 5.74) is 0.699. The molecular weight excluding hydrogens is 344 g/mol. The highest BCUT2D eigenvalue weighted by molar-refractivity contribution is 8.00. The summed E-state index contributed by atoms with van der Waals surface area (Å²) in [6.45, 7) is 2.54. The van der Waals surface area contributed by atoms with Crippen LogP contribution < -0.4 is 15.9 Å². The van der Waals surface area contributed by atoms with Gasteiger partial charge in [0.05, 0.1) is 17.9 Å². The Morgan fingerprint density at radius 2 is 2.16 bits per heavy atom. The average molecular weight is 362 g/mol. The van der Waals surface area contributed by atoms with Crippen LogP contribution in [0.3, 0.4) is 0 Å². The third-order valence-corrected chi connectivity index (χ3v) is 4.81. The number of benzene rings is 1. The maximum atomic E-state index is 12.4. The summed E-state index contributed by atoms with van der Waals surface area (Å²) in [6.07, 6.45) is 0. The van der Waals surface area contributed by atoms with Crippen LogP contribution in [0.1, 0.15) is 6.92 Å². The van der Waals surface area contributed by atoms with Gasteiger partial charge in [0.25, 0.3) is 0 Å². The summed E-state index contributed by atoms with van der Waals surface area (Å²) in [4.78, 5) is 25.2. The predicted octanol–water partition coefficient (Wildman–Crippen LogP) is 0.700. The van der Waals surface area contributed by atoms with Gasteiger partial charge in [-0.05, 0) is 19.1 Å². The van der Waals surface area contributed by atoms with Gasteiger partial charge >= 0.3 is 6.03 Å². The second-order valence-electron chi connectivity index (χ2n) is 5.36. The van der Waals surface area contributed by atoms with Crippen molar-refractivity contribution in [2.45, 2.75) is 17.3 Å². The maximum absolute atomic E-state index is 12.4. The van der Waals surface area contributed by atoms with Gasteiger partial charge in [-0.25, -0.2) is 9.47 Å². The Morgan fingerprint density at radius 3 is 2.84 bits per heavy atom. The second kappa shape index (κ2) is 7.01. The van der Waals surface area contributed by atoms with Gasteiger partial charge in [-0.1, -0.05) is 23.9 Å². The van der Waals surface area contributed by atoms with E-state index in [4.69, 9.17) is 10.6 Å². The van der Waals surface area contributed by atoms with E-state index in [2.05, 4.69) is 15.5 Å². The van der Waals surface area contributed by atoms with Crippen molar-refractivity contribution >= 4 is 23.7 Å². The molecule has 132 valence electrons. The monoisotopic (exact) mass is 362 g/mol. The highest BCUT2D eigenvalue weighted by Crippen LogP contribution is 2.30. The minimum atomic E-state index is -0.527. The predicted molar refractivity (Wildman–Crippen MR) is 92.6 cm³/mol. The zero-order valence-electron chi connectivity index (χ0n) is 13.8. The van der Waals surface area contributed by atoms with Gasteiger partial charge in [0.1, 0.15) is 5.75 Å². The molecule has 0 radical (unpaired) electrons. The molecule has 1 unspecified atom stereocenters.